The van der Waals surface area contributed by atoms with Crippen molar-refractivity contribution >= 4 is 39.5 Å². The molecule has 0 aliphatic heterocycles. The Hall–Kier alpha value is -1.94. The third-order valence-corrected chi connectivity index (χ3v) is 15.9. The molecular weight excluding hydrogens is 1050 g/mol. The number of ether oxygens (including phenoxy) is 4. The van der Waals surface area contributed by atoms with Gasteiger partial charge in [0.15, 0.2) is 12.2 Å². The molecule has 0 aromatic carbocycles. The molecule has 79 heavy (non-hydrogen) atoms. The lowest BCUT2D eigenvalue weighted by atomic mass is 9.99. The van der Waals surface area contributed by atoms with E-state index >= 15 is 0 Å². The Morgan fingerprint density at radius 1 is 0.367 bits per heavy atom. The van der Waals surface area contributed by atoms with Crippen LogP contribution >= 0.6 is 15.6 Å². The van der Waals surface area contributed by atoms with E-state index in [-0.39, 0.29) is 25.7 Å². The molecule has 0 aliphatic carbocycles. The molecule has 0 aromatic heterocycles. The van der Waals surface area contributed by atoms with Crippen LogP contribution in [0.5, 0.6) is 0 Å². The first kappa shape index (κ1) is 77.1. The summed E-state index contributed by atoms with van der Waals surface area (Å²) < 4.78 is 67.6. The lowest BCUT2D eigenvalue weighted by molar-refractivity contribution is -0.161. The lowest BCUT2D eigenvalue weighted by Gasteiger charge is -2.21. The molecule has 3 N–H and O–H groups in total. The largest absolute Gasteiger partial charge is 0.472 e. The van der Waals surface area contributed by atoms with Crippen molar-refractivity contribution in [2.45, 2.75) is 304 Å². The molecule has 0 saturated carbocycles. The second-order valence-corrected chi connectivity index (χ2v) is 25.8. The van der Waals surface area contributed by atoms with Gasteiger partial charge in [-0.2, -0.15) is 0 Å². The Kier molecular flexibility index (Phi) is 50.4. The van der Waals surface area contributed by atoms with Gasteiger partial charge in [0, 0.05) is 25.7 Å². The fourth-order valence-electron chi connectivity index (χ4n) is 8.74. The molecule has 0 fully saturated rings. The van der Waals surface area contributed by atoms with Gasteiger partial charge in [-0.1, -0.05) is 235 Å². The summed E-state index contributed by atoms with van der Waals surface area (Å²) in [5, 5.41) is 10.5. The number of carbonyl (C=O) groups excluding carboxylic acids is 4. The topological polar surface area (TPSA) is 237 Å². The monoisotopic (exact) mass is 1170 g/mol. The Labute approximate surface area is 479 Å². The molecule has 0 rings (SSSR count). The molecule has 0 heterocycles. The first-order valence-corrected chi connectivity index (χ1v) is 34.4. The van der Waals surface area contributed by atoms with Crippen LogP contribution in [0.3, 0.4) is 0 Å². The summed E-state index contributed by atoms with van der Waals surface area (Å²) in [7, 11) is -9.87. The average molecular weight is 1170 g/mol. The molecular formula is C60H116O17P2. The van der Waals surface area contributed by atoms with Crippen LogP contribution < -0.4 is 0 Å². The minimum atomic E-state index is -4.94. The van der Waals surface area contributed by atoms with Gasteiger partial charge in [-0.05, 0) is 43.4 Å². The standard InChI is InChI=1S/C60H116O17P2/c1-8-10-11-24-34-41-57(62)70-47-55(76-59(64)43-36-29-22-16-13-19-26-32-39-52(5)6)49-74-78(66,67)72-45-54(61)46-73-79(68,69)75-50-56(48-71-58(63)42-35-28-21-15-12-18-25-31-38-51(3)4)77-60(65)44-37-30-23-17-14-20-27-33-40-53(7)9-2/h51-56,61H,8-50H2,1-7H3,(H,66,67)(H,68,69)/t53?,54-,55+,56+/m0/s1. The molecule has 0 amide bonds. The van der Waals surface area contributed by atoms with Crippen LogP contribution in [0.15, 0.2) is 0 Å². The van der Waals surface area contributed by atoms with Gasteiger partial charge >= 0.3 is 39.5 Å². The van der Waals surface area contributed by atoms with Crippen molar-refractivity contribution in [1.82, 2.24) is 0 Å². The van der Waals surface area contributed by atoms with Crippen LogP contribution in [-0.4, -0.2) is 96.7 Å². The molecule has 0 radical (unpaired) electrons. The first-order chi connectivity index (χ1) is 37.8. The number of hydrogen-bond donors (Lipinski definition) is 3. The summed E-state index contributed by atoms with van der Waals surface area (Å²) in [4.78, 5) is 71.8. The number of aliphatic hydroxyl groups excluding tert-OH is 1. The average Bonchev–Trinajstić information content (AvgIpc) is 3.40. The second-order valence-electron chi connectivity index (χ2n) is 22.9. The molecule has 0 bridgehead atoms. The number of esters is 4. The van der Waals surface area contributed by atoms with Gasteiger partial charge in [-0.25, -0.2) is 9.13 Å². The van der Waals surface area contributed by atoms with Gasteiger partial charge in [0.05, 0.1) is 26.4 Å². The number of aliphatic hydroxyl groups is 1. The van der Waals surface area contributed by atoms with Gasteiger partial charge in [-0.15, -0.1) is 0 Å². The highest BCUT2D eigenvalue weighted by atomic mass is 31.2. The summed E-state index contributed by atoms with van der Waals surface area (Å²) in [5.74, 6) is 0.0598. The highest BCUT2D eigenvalue weighted by Crippen LogP contribution is 2.45. The Balaban J connectivity index is 5.20. The summed E-state index contributed by atoms with van der Waals surface area (Å²) in [6, 6.07) is 0. The highest BCUT2D eigenvalue weighted by molar-refractivity contribution is 7.47. The Morgan fingerprint density at radius 2 is 0.646 bits per heavy atom. The summed E-state index contributed by atoms with van der Waals surface area (Å²) in [6.45, 7) is 11.6. The van der Waals surface area contributed by atoms with Crippen molar-refractivity contribution < 1.29 is 80.2 Å². The maximum absolute atomic E-state index is 12.9. The van der Waals surface area contributed by atoms with Crippen molar-refractivity contribution in [3.63, 3.8) is 0 Å². The predicted molar refractivity (Wildman–Crippen MR) is 312 cm³/mol. The van der Waals surface area contributed by atoms with Gasteiger partial charge in [0.1, 0.15) is 19.3 Å². The maximum Gasteiger partial charge on any atom is 0.472 e. The van der Waals surface area contributed by atoms with Crippen LogP contribution in [0, 0.1) is 17.8 Å². The predicted octanol–water partition coefficient (Wildman–Crippen LogP) is 15.9. The quantitative estimate of drug-likeness (QED) is 0.0222. The van der Waals surface area contributed by atoms with Crippen LogP contribution in [0.1, 0.15) is 286 Å². The normalized spacial score (nSPS) is 14.8. The maximum atomic E-state index is 12.9. The number of carbonyl (C=O) groups is 4. The van der Waals surface area contributed by atoms with E-state index in [1.165, 1.54) is 89.9 Å². The minimum Gasteiger partial charge on any atom is -0.462 e. The first-order valence-electron chi connectivity index (χ1n) is 31.4. The molecule has 3 unspecified atom stereocenters. The summed E-state index contributed by atoms with van der Waals surface area (Å²) in [5.41, 5.74) is 0. The molecule has 0 aromatic rings. The molecule has 19 heteroatoms. The van der Waals surface area contributed by atoms with E-state index in [2.05, 4.69) is 48.5 Å². The molecule has 6 atom stereocenters. The van der Waals surface area contributed by atoms with Crippen molar-refractivity contribution in [2.24, 2.45) is 17.8 Å². The highest BCUT2D eigenvalue weighted by Gasteiger charge is 2.30. The lowest BCUT2D eigenvalue weighted by Crippen LogP contribution is -2.30. The fraction of sp³-hybridized carbons (Fsp3) is 0.933. The molecule has 0 saturated heterocycles. The van der Waals surface area contributed by atoms with E-state index in [0.29, 0.717) is 25.7 Å². The van der Waals surface area contributed by atoms with Crippen LogP contribution in [0.4, 0.5) is 0 Å². The Bertz CT molecular complexity index is 1580. The van der Waals surface area contributed by atoms with Crippen molar-refractivity contribution in [3.05, 3.63) is 0 Å². The molecule has 468 valence electrons. The second kappa shape index (κ2) is 51.7. The number of phosphoric ester groups is 2. The summed E-state index contributed by atoms with van der Waals surface area (Å²) in [6.07, 6.45) is 31.1. The van der Waals surface area contributed by atoms with Crippen LogP contribution in [-0.2, 0) is 65.4 Å². The zero-order chi connectivity index (χ0) is 58.8. The van der Waals surface area contributed by atoms with Crippen molar-refractivity contribution in [3.8, 4) is 0 Å². The van der Waals surface area contributed by atoms with E-state index in [9.17, 15) is 43.2 Å². The Morgan fingerprint density at radius 3 is 0.962 bits per heavy atom. The van der Waals surface area contributed by atoms with Gasteiger partial charge in [0.25, 0.3) is 0 Å². The van der Waals surface area contributed by atoms with Crippen molar-refractivity contribution in [2.75, 3.05) is 39.6 Å². The van der Waals surface area contributed by atoms with Crippen LogP contribution in [0.2, 0.25) is 0 Å². The third-order valence-electron chi connectivity index (χ3n) is 14.0. The molecule has 17 nitrogen and oxygen atoms in total. The number of hydrogen-bond acceptors (Lipinski definition) is 15. The summed E-state index contributed by atoms with van der Waals surface area (Å²) >= 11 is 0. The zero-order valence-corrected chi connectivity index (χ0v) is 52.6. The van der Waals surface area contributed by atoms with Gasteiger partial charge in [-0.3, -0.25) is 37.3 Å². The van der Waals surface area contributed by atoms with E-state index in [4.69, 9.17) is 37.0 Å². The number of rotatable bonds is 58. The third kappa shape index (κ3) is 53.8. The smallest absolute Gasteiger partial charge is 0.462 e. The number of phosphoric acid groups is 2. The van der Waals surface area contributed by atoms with E-state index in [1.807, 2.05) is 0 Å². The van der Waals surface area contributed by atoms with Crippen LogP contribution in [0.25, 0.3) is 0 Å². The molecule has 0 spiro atoms. The number of unbranched alkanes of at least 4 members (excludes halogenated alkanes) is 25. The van der Waals surface area contributed by atoms with Gasteiger partial charge < -0.3 is 33.8 Å². The minimum absolute atomic E-state index is 0.103. The molecule has 0 aliphatic rings. The SMILES string of the molecule is CCCCCCCC(=O)OC[C@H](COP(=O)(O)OC[C@H](O)COP(=O)(O)OC[C@@H](COC(=O)CCCCCCCCCCC(C)C)OC(=O)CCCCCCCCCCC(C)CC)OC(=O)CCCCCCCCCCC(C)C. The van der Waals surface area contributed by atoms with E-state index in [1.54, 1.807) is 0 Å². The van der Waals surface area contributed by atoms with Gasteiger partial charge in [0.2, 0.25) is 0 Å². The zero-order valence-electron chi connectivity index (χ0n) is 50.8. The van der Waals surface area contributed by atoms with E-state index in [0.717, 1.165) is 114 Å². The fourth-order valence-corrected chi connectivity index (χ4v) is 10.3. The van der Waals surface area contributed by atoms with Crippen molar-refractivity contribution in [1.29, 1.82) is 0 Å². The van der Waals surface area contributed by atoms with E-state index < -0.39 is 97.5 Å².